The Labute approximate surface area is 133 Å². The maximum absolute atomic E-state index is 12.5. The highest BCUT2D eigenvalue weighted by molar-refractivity contribution is 9.10. The number of halogens is 1. The average Bonchev–Trinajstić information content (AvgIpc) is 2.44. The zero-order valence-electron chi connectivity index (χ0n) is 12.5. The number of hydrogen-bond donors (Lipinski definition) is 2. The molecule has 0 spiro atoms. The minimum absolute atomic E-state index is 0.104. The fourth-order valence-electron chi connectivity index (χ4n) is 2.13. The van der Waals surface area contributed by atoms with Crippen molar-refractivity contribution in [3.05, 3.63) is 57.6 Å². The summed E-state index contributed by atoms with van der Waals surface area (Å²) in [7, 11) is 0. The molecule has 1 amide bonds. The van der Waals surface area contributed by atoms with Crippen molar-refractivity contribution >= 4 is 33.2 Å². The number of rotatable bonds is 4. The Morgan fingerprint density at radius 3 is 2.62 bits per heavy atom. The summed E-state index contributed by atoms with van der Waals surface area (Å²) in [4.78, 5) is 12.5. The summed E-state index contributed by atoms with van der Waals surface area (Å²) < 4.78 is 0.983. The molecule has 0 saturated carbocycles. The van der Waals surface area contributed by atoms with Gasteiger partial charge in [0.15, 0.2) is 0 Å². The molecule has 0 aliphatic rings. The Kier molecular flexibility index (Phi) is 5.02. The topological polar surface area (TPSA) is 41.1 Å². The highest BCUT2D eigenvalue weighted by Gasteiger charge is 2.13. The fraction of sp³-hybridized carbons (Fsp3) is 0.235. The van der Waals surface area contributed by atoms with Gasteiger partial charge in [0.25, 0.3) is 5.91 Å². The molecule has 110 valence electrons. The molecule has 2 N–H and O–H groups in total. The Hall–Kier alpha value is -1.81. The summed E-state index contributed by atoms with van der Waals surface area (Å²) in [5.74, 6) is -0.104. The molecule has 0 fully saturated rings. The van der Waals surface area contributed by atoms with Crippen LogP contribution in [0.1, 0.15) is 28.4 Å². The lowest BCUT2D eigenvalue weighted by Crippen LogP contribution is -2.15. The maximum atomic E-state index is 12.5. The van der Waals surface area contributed by atoms with E-state index in [0.29, 0.717) is 5.56 Å². The van der Waals surface area contributed by atoms with Gasteiger partial charge in [0.05, 0.1) is 5.56 Å². The van der Waals surface area contributed by atoms with Gasteiger partial charge in [-0.1, -0.05) is 28.1 Å². The molecule has 0 bridgehead atoms. The van der Waals surface area contributed by atoms with Crippen molar-refractivity contribution in [3.8, 4) is 0 Å². The van der Waals surface area contributed by atoms with E-state index in [9.17, 15) is 4.79 Å². The molecule has 2 rings (SSSR count). The number of benzene rings is 2. The molecule has 0 atom stereocenters. The summed E-state index contributed by atoms with van der Waals surface area (Å²) in [5.41, 5.74) is 4.48. The van der Waals surface area contributed by atoms with Gasteiger partial charge in [0.1, 0.15) is 0 Å². The molecule has 0 aliphatic carbocycles. The first kappa shape index (κ1) is 15.6. The van der Waals surface area contributed by atoms with E-state index in [1.807, 2.05) is 57.2 Å². The minimum Gasteiger partial charge on any atom is -0.385 e. The van der Waals surface area contributed by atoms with Gasteiger partial charge < -0.3 is 10.6 Å². The summed E-state index contributed by atoms with van der Waals surface area (Å²) in [6.45, 7) is 6.78. The van der Waals surface area contributed by atoms with E-state index in [2.05, 4.69) is 26.6 Å². The molecule has 21 heavy (non-hydrogen) atoms. The predicted octanol–water partition coefficient (Wildman–Crippen LogP) is 4.75. The van der Waals surface area contributed by atoms with Crippen molar-refractivity contribution in [1.82, 2.24) is 0 Å². The molecular formula is C17H19BrN2O. The SMILES string of the molecule is CCNc1cc(C)ccc1C(=O)Nc1cccc(Br)c1C. The predicted molar refractivity (Wildman–Crippen MR) is 92.2 cm³/mol. The molecule has 0 aromatic heterocycles. The molecule has 4 heteroatoms. The van der Waals surface area contributed by atoms with Crippen LogP contribution in [0, 0.1) is 13.8 Å². The van der Waals surface area contributed by atoms with E-state index in [0.717, 1.165) is 33.5 Å². The molecule has 2 aromatic carbocycles. The van der Waals surface area contributed by atoms with Gasteiger partial charge in [0.2, 0.25) is 0 Å². The van der Waals surface area contributed by atoms with Gasteiger partial charge in [-0.3, -0.25) is 4.79 Å². The fourth-order valence-corrected chi connectivity index (χ4v) is 2.49. The van der Waals surface area contributed by atoms with E-state index in [4.69, 9.17) is 0 Å². The number of carbonyl (C=O) groups is 1. The highest BCUT2D eigenvalue weighted by Crippen LogP contribution is 2.25. The van der Waals surface area contributed by atoms with Gasteiger partial charge in [-0.25, -0.2) is 0 Å². The monoisotopic (exact) mass is 346 g/mol. The summed E-state index contributed by atoms with van der Waals surface area (Å²) >= 11 is 3.48. The first-order valence-electron chi connectivity index (χ1n) is 6.94. The van der Waals surface area contributed by atoms with Crippen LogP contribution >= 0.6 is 15.9 Å². The summed E-state index contributed by atoms with van der Waals surface area (Å²) in [5, 5.41) is 6.22. The first-order chi connectivity index (χ1) is 10.0. The zero-order chi connectivity index (χ0) is 15.4. The van der Waals surface area contributed by atoms with Crippen LogP contribution in [0.4, 0.5) is 11.4 Å². The molecule has 0 saturated heterocycles. The van der Waals surface area contributed by atoms with Crippen LogP contribution in [0.2, 0.25) is 0 Å². The van der Waals surface area contributed by atoms with Crippen molar-refractivity contribution in [2.24, 2.45) is 0 Å². The second kappa shape index (κ2) is 6.76. The molecule has 2 aromatic rings. The molecule has 0 radical (unpaired) electrons. The second-order valence-electron chi connectivity index (χ2n) is 4.95. The standard InChI is InChI=1S/C17H19BrN2O/c1-4-19-16-10-11(2)8-9-13(16)17(21)20-15-7-5-6-14(18)12(15)3/h5-10,19H,4H2,1-3H3,(H,20,21). The van der Waals surface area contributed by atoms with Crippen molar-refractivity contribution in [3.63, 3.8) is 0 Å². The minimum atomic E-state index is -0.104. The number of aryl methyl sites for hydroxylation is 1. The van der Waals surface area contributed by atoms with Crippen LogP contribution in [0.25, 0.3) is 0 Å². The van der Waals surface area contributed by atoms with Gasteiger partial charge in [0, 0.05) is 22.4 Å². The molecule has 0 unspecified atom stereocenters. The Morgan fingerprint density at radius 2 is 1.90 bits per heavy atom. The van der Waals surface area contributed by atoms with Crippen molar-refractivity contribution < 1.29 is 4.79 Å². The Bertz CT molecular complexity index is 668. The zero-order valence-corrected chi connectivity index (χ0v) is 14.0. The Balaban J connectivity index is 2.30. The van der Waals surface area contributed by atoms with E-state index in [1.165, 1.54) is 0 Å². The van der Waals surface area contributed by atoms with Gasteiger partial charge in [-0.05, 0) is 56.2 Å². The van der Waals surface area contributed by atoms with Crippen LogP contribution in [-0.2, 0) is 0 Å². The quantitative estimate of drug-likeness (QED) is 0.838. The third-order valence-electron chi connectivity index (χ3n) is 3.30. The van der Waals surface area contributed by atoms with E-state index < -0.39 is 0 Å². The highest BCUT2D eigenvalue weighted by atomic mass is 79.9. The van der Waals surface area contributed by atoms with Gasteiger partial charge in [-0.15, -0.1) is 0 Å². The Morgan fingerprint density at radius 1 is 1.14 bits per heavy atom. The largest absolute Gasteiger partial charge is 0.385 e. The lowest BCUT2D eigenvalue weighted by Gasteiger charge is -2.13. The maximum Gasteiger partial charge on any atom is 0.257 e. The van der Waals surface area contributed by atoms with Crippen LogP contribution in [0.3, 0.4) is 0 Å². The van der Waals surface area contributed by atoms with E-state index >= 15 is 0 Å². The van der Waals surface area contributed by atoms with Crippen LogP contribution in [0.5, 0.6) is 0 Å². The van der Waals surface area contributed by atoms with Gasteiger partial charge >= 0.3 is 0 Å². The smallest absolute Gasteiger partial charge is 0.257 e. The van der Waals surface area contributed by atoms with Crippen LogP contribution in [0.15, 0.2) is 40.9 Å². The number of amides is 1. The average molecular weight is 347 g/mol. The summed E-state index contributed by atoms with van der Waals surface area (Å²) in [6, 6.07) is 11.6. The van der Waals surface area contributed by atoms with Crippen molar-refractivity contribution in [2.45, 2.75) is 20.8 Å². The van der Waals surface area contributed by atoms with Crippen molar-refractivity contribution in [1.29, 1.82) is 0 Å². The number of anilines is 2. The van der Waals surface area contributed by atoms with Crippen LogP contribution in [-0.4, -0.2) is 12.5 Å². The normalized spacial score (nSPS) is 10.3. The first-order valence-corrected chi connectivity index (χ1v) is 7.73. The second-order valence-corrected chi connectivity index (χ2v) is 5.80. The third-order valence-corrected chi connectivity index (χ3v) is 4.16. The molecule has 3 nitrogen and oxygen atoms in total. The molecule has 0 heterocycles. The van der Waals surface area contributed by atoms with Crippen molar-refractivity contribution in [2.75, 3.05) is 17.2 Å². The number of nitrogens with one attached hydrogen (secondary N) is 2. The van der Waals surface area contributed by atoms with Crippen LogP contribution < -0.4 is 10.6 Å². The summed E-state index contributed by atoms with van der Waals surface area (Å²) in [6.07, 6.45) is 0. The number of hydrogen-bond acceptors (Lipinski definition) is 2. The lowest BCUT2D eigenvalue weighted by atomic mass is 10.1. The molecular weight excluding hydrogens is 328 g/mol. The lowest BCUT2D eigenvalue weighted by molar-refractivity contribution is 0.102. The molecule has 0 aliphatic heterocycles. The van der Waals surface area contributed by atoms with Gasteiger partial charge in [-0.2, -0.15) is 0 Å². The number of carbonyl (C=O) groups excluding carboxylic acids is 1. The van der Waals surface area contributed by atoms with E-state index in [1.54, 1.807) is 0 Å². The van der Waals surface area contributed by atoms with E-state index in [-0.39, 0.29) is 5.91 Å². The third kappa shape index (κ3) is 3.64.